The summed E-state index contributed by atoms with van der Waals surface area (Å²) >= 11 is 1.73. The van der Waals surface area contributed by atoms with Crippen LogP contribution < -0.4 is 0 Å². The minimum Gasteiger partial charge on any atom is -0.396 e. The molecule has 0 aliphatic heterocycles. The zero-order valence-corrected chi connectivity index (χ0v) is 13.3. The first-order chi connectivity index (χ1) is 9.63. The van der Waals surface area contributed by atoms with Gasteiger partial charge in [0.05, 0.1) is 0 Å². The molecule has 0 aliphatic carbocycles. The van der Waals surface area contributed by atoms with Gasteiger partial charge in [-0.15, -0.1) is 11.8 Å². The van der Waals surface area contributed by atoms with E-state index >= 15 is 0 Å². The van der Waals surface area contributed by atoms with Gasteiger partial charge in [0, 0.05) is 37.3 Å². The topological polar surface area (TPSA) is 40.5 Å². The maximum Gasteiger partial charge on any atom is 0.223 e. The molecule has 1 N–H and O–H groups in total. The number of aryl methyl sites for hydroxylation is 1. The van der Waals surface area contributed by atoms with E-state index in [4.69, 9.17) is 5.11 Å². The molecule has 0 bridgehead atoms. The summed E-state index contributed by atoms with van der Waals surface area (Å²) < 4.78 is 0. The highest BCUT2D eigenvalue weighted by molar-refractivity contribution is 7.99. The van der Waals surface area contributed by atoms with Crippen LogP contribution in [0.1, 0.15) is 31.2 Å². The molecule has 4 heteroatoms. The first-order valence-corrected chi connectivity index (χ1v) is 8.16. The van der Waals surface area contributed by atoms with Crippen molar-refractivity contribution in [2.75, 3.05) is 26.0 Å². The number of benzene rings is 1. The van der Waals surface area contributed by atoms with Crippen LogP contribution in [-0.4, -0.2) is 41.9 Å². The van der Waals surface area contributed by atoms with Crippen molar-refractivity contribution in [2.45, 2.75) is 37.5 Å². The molecule has 20 heavy (non-hydrogen) atoms. The van der Waals surface area contributed by atoms with Crippen molar-refractivity contribution in [3.8, 4) is 0 Å². The maximum atomic E-state index is 11.9. The van der Waals surface area contributed by atoms with Gasteiger partial charge in [-0.25, -0.2) is 0 Å². The first kappa shape index (κ1) is 17.1. The molecule has 1 aromatic rings. The quantitative estimate of drug-likeness (QED) is 0.562. The number of carbonyl (C=O) groups is 1. The van der Waals surface area contributed by atoms with Crippen LogP contribution in [0.3, 0.4) is 0 Å². The van der Waals surface area contributed by atoms with Gasteiger partial charge < -0.3 is 10.0 Å². The average molecular weight is 295 g/mol. The smallest absolute Gasteiger partial charge is 0.223 e. The van der Waals surface area contributed by atoms with E-state index in [2.05, 4.69) is 31.2 Å². The summed E-state index contributed by atoms with van der Waals surface area (Å²) in [4.78, 5) is 14.9. The Labute approximate surface area is 126 Å². The van der Waals surface area contributed by atoms with Gasteiger partial charge in [-0.3, -0.25) is 4.79 Å². The van der Waals surface area contributed by atoms with Gasteiger partial charge in [-0.05, 0) is 38.3 Å². The van der Waals surface area contributed by atoms with Crippen LogP contribution in [-0.2, 0) is 4.79 Å². The van der Waals surface area contributed by atoms with Crippen molar-refractivity contribution in [1.29, 1.82) is 0 Å². The Balaban J connectivity index is 2.17. The van der Waals surface area contributed by atoms with Crippen molar-refractivity contribution in [3.63, 3.8) is 0 Å². The Morgan fingerprint density at radius 2 is 1.90 bits per heavy atom. The van der Waals surface area contributed by atoms with E-state index in [1.165, 1.54) is 10.5 Å². The predicted molar refractivity (Wildman–Crippen MR) is 85.1 cm³/mol. The molecule has 0 fully saturated rings. The van der Waals surface area contributed by atoms with E-state index in [9.17, 15) is 4.79 Å². The fraction of sp³-hybridized carbons (Fsp3) is 0.562. The molecule has 3 nitrogen and oxygen atoms in total. The van der Waals surface area contributed by atoms with E-state index in [-0.39, 0.29) is 12.5 Å². The zero-order chi connectivity index (χ0) is 14.8. The molecule has 0 heterocycles. The average Bonchev–Trinajstić information content (AvgIpc) is 2.45. The second kappa shape index (κ2) is 9.83. The standard InChI is InChI=1S/C16H25NO2S/c1-14-6-8-15(9-7-14)20-13-10-16(19)17(2)11-4-3-5-12-18/h6-9,18H,3-5,10-13H2,1-2H3. The lowest BCUT2D eigenvalue weighted by Crippen LogP contribution is -2.27. The van der Waals surface area contributed by atoms with E-state index in [1.54, 1.807) is 16.7 Å². The third kappa shape index (κ3) is 6.96. The summed E-state index contributed by atoms with van der Waals surface area (Å²) in [6.45, 7) is 3.10. The highest BCUT2D eigenvalue weighted by atomic mass is 32.2. The van der Waals surface area contributed by atoms with Crippen LogP contribution in [0.4, 0.5) is 0 Å². The summed E-state index contributed by atoms with van der Waals surface area (Å²) in [5.74, 6) is 1.02. The highest BCUT2D eigenvalue weighted by Crippen LogP contribution is 2.19. The molecule has 1 rings (SSSR count). The second-order valence-electron chi connectivity index (χ2n) is 5.01. The Bertz CT molecular complexity index is 392. The number of unbranched alkanes of at least 4 members (excludes halogenated alkanes) is 2. The number of hydrogen-bond acceptors (Lipinski definition) is 3. The Morgan fingerprint density at radius 1 is 1.20 bits per heavy atom. The van der Waals surface area contributed by atoms with Gasteiger partial charge in [-0.2, -0.15) is 0 Å². The molecule has 0 unspecified atom stereocenters. The summed E-state index contributed by atoms with van der Waals surface area (Å²) in [5, 5.41) is 8.70. The second-order valence-corrected chi connectivity index (χ2v) is 6.18. The largest absolute Gasteiger partial charge is 0.396 e. The third-order valence-corrected chi connectivity index (χ3v) is 4.20. The number of thioether (sulfide) groups is 1. The van der Waals surface area contributed by atoms with Gasteiger partial charge in [0.1, 0.15) is 0 Å². The summed E-state index contributed by atoms with van der Waals surface area (Å²) in [5.41, 5.74) is 1.26. The predicted octanol–water partition coefficient (Wildman–Crippen LogP) is 3.10. The number of aliphatic hydroxyl groups excluding tert-OH is 1. The van der Waals surface area contributed by atoms with Crippen molar-refractivity contribution in [2.24, 2.45) is 0 Å². The van der Waals surface area contributed by atoms with Crippen molar-refractivity contribution in [3.05, 3.63) is 29.8 Å². The van der Waals surface area contributed by atoms with Crippen LogP contribution in [0.5, 0.6) is 0 Å². The molecular weight excluding hydrogens is 270 g/mol. The number of amides is 1. The van der Waals surface area contributed by atoms with Crippen molar-refractivity contribution in [1.82, 2.24) is 4.90 Å². The molecule has 0 saturated heterocycles. The Hall–Kier alpha value is -1.00. The highest BCUT2D eigenvalue weighted by Gasteiger charge is 2.08. The fourth-order valence-electron chi connectivity index (χ4n) is 1.84. The number of hydrogen-bond donors (Lipinski definition) is 1. The molecule has 0 atom stereocenters. The minimum atomic E-state index is 0.202. The van der Waals surface area contributed by atoms with Crippen LogP contribution >= 0.6 is 11.8 Å². The van der Waals surface area contributed by atoms with Crippen LogP contribution in [0.25, 0.3) is 0 Å². The molecule has 1 aromatic carbocycles. The summed E-state index contributed by atoms with van der Waals surface area (Å²) in [6.07, 6.45) is 3.35. The lowest BCUT2D eigenvalue weighted by Gasteiger charge is -2.16. The number of rotatable bonds is 9. The third-order valence-electron chi connectivity index (χ3n) is 3.18. The van der Waals surface area contributed by atoms with Crippen molar-refractivity contribution < 1.29 is 9.90 Å². The molecule has 0 saturated carbocycles. The van der Waals surface area contributed by atoms with Gasteiger partial charge in [0.2, 0.25) is 5.91 Å². The van der Waals surface area contributed by atoms with E-state index in [0.717, 1.165) is 31.6 Å². The maximum absolute atomic E-state index is 11.9. The molecule has 0 aromatic heterocycles. The molecule has 0 radical (unpaired) electrons. The monoisotopic (exact) mass is 295 g/mol. The molecule has 0 spiro atoms. The number of aliphatic hydroxyl groups is 1. The fourth-order valence-corrected chi connectivity index (χ4v) is 2.68. The van der Waals surface area contributed by atoms with Crippen molar-refractivity contribution >= 4 is 17.7 Å². The molecule has 0 aliphatic rings. The number of carbonyl (C=O) groups excluding carboxylic acids is 1. The summed E-state index contributed by atoms with van der Waals surface area (Å²) in [7, 11) is 1.86. The zero-order valence-electron chi connectivity index (χ0n) is 12.5. The molecule has 112 valence electrons. The number of nitrogens with zero attached hydrogens (tertiary/aromatic N) is 1. The first-order valence-electron chi connectivity index (χ1n) is 7.18. The molecule has 1 amide bonds. The van der Waals surface area contributed by atoms with E-state index < -0.39 is 0 Å². The van der Waals surface area contributed by atoms with Gasteiger partial charge >= 0.3 is 0 Å². The van der Waals surface area contributed by atoms with Gasteiger partial charge in [0.25, 0.3) is 0 Å². The Morgan fingerprint density at radius 3 is 2.55 bits per heavy atom. The molecular formula is C16H25NO2S. The SMILES string of the molecule is Cc1ccc(SCCC(=O)N(C)CCCCCO)cc1. The lowest BCUT2D eigenvalue weighted by atomic mass is 10.2. The summed E-state index contributed by atoms with van der Waals surface area (Å²) in [6, 6.07) is 8.39. The van der Waals surface area contributed by atoms with Gasteiger partial charge in [0.15, 0.2) is 0 Å². The van der Waals surface area contributed by atoms with Gasteiger partial charge in [-0.1, -0.05) is 17.7 Å². The van der Waals surface area contributed by atoms with E-state index in [0.29, 0.717) is 6.42 Å². The minimum absolute atomic E-state index is 0.202. The normalized spacial score (nSPS) is 10.6. The Kier molecular flexibility index (Phi) is 8.38. The lowest BCUT2D eigenvalue weighted by molar-refractivity contribution is -0.129. The van der Waals surface area contributed by atoms with E-state index in [1.807, 2.05) is 7.05 Å². The van der Waals surface area contributed by atoms with Crippen LogP contribution in [0.2, 0.25) is 0 Å². The van der Waals surface area contributed by atoms with Crippen LogP contribution in [0.15, 0.2) is 29.2 Å². The van der Waals surface area contributed by atoms with Crippen LogP contribution in [0, 0.1) is 6.92 Å².